The summed E-state index contributed by atoms with van der Waals surface area (Å²) in [6.07, 6.45) is -4.96. The zero-order chi connectivity index (χ0) is 12.6. The van der Waals surface area contributed by atoms with Gasteiger partial charge in [-0.3, -0.25) is 4.79 Å². The van der Waals surface area contributed by atoms with Crippen molar-refractivity contribution < 1.29 is 32.2 Å². The van der Waals surface area contributed by atoms with E-state index < -0.39 is 17.5 Å². The minimum absolute atomic E-state index is 0.0951. The fraction of sp³-hybridized carbons (Fsp3) is 0.300. The smallest absolute Gasteiger partial charge is 0.455 e. The van der Waals surface area contributed by atoms with Gasteiger partial charge in [-0.15, -0.1) is 0 Å². The topological polar surface area (TPSA) is 44.8 Å². The second-order valence-corrected chi connectivity index (χ2v) is 3.23. The molecule has 1 aromatic carbocycles. The van der Waals surface area contributed by atoms with Crippen molar-refractivity contribution >= 4 is 5.78 Å². The van der Waals surface area contributed by atoms with Crippen LogP contribution >= 0.6 is 0 Å². The summed E-state index contributed by atoms with van der Waals surface area (Å²) in [6.45, 7) is -0.0951. The van der Waals surface area contributed by atoms with Gasteiger partial charge in [0.1, 0.15) is 5.75 Å². The van der Waals surface area contributed by atoms with Gasteiger partial charge in [-0.2, -0.15) is 13.2 Å². The summed E-state index contributed by atoms with van der Waals surface area (Å²) in [5, 5.41) is 0. The quantitative estimate of drug-likeness (QED) is 0.752. The minimum atomic E-state index is -4.96. The zero-order valence-corrected chi connectivity index (χ0v) is 8.63. The highest BCUT2D eigenvalue weighted by Gasteiger charge is 2.41. The monoisotopic (exact) mass is 248 g/mol. The molecule has 0 saturated carbocycles. The van der Waals surface area contributed by atoms with Crippen LogP contribution in [-0.2, 0) is 0 Å². The first-order chi connectivity index (χ1) is 7.93. The highest BCUT2D eigenvalue weighted by molar-refractivity contribution is 6.03. The lowest BCUT2D eigenvalue weighted by molar-refractivity contribution is -0.0886. The molecule has 0 aromatic heterocycles. The molecule has 0 aliphatic carbocycles. The van der Waals surface area contributed by atoms with Crippen LogP contribution in [0.25, 0.3) is 0 Å². The van der Waals surface area contributed by atoms with Crippen LogP contribution in [0.15, 0.2) is 12.1 Å². The molecule has 0 bridgehead atoms. The standard InChI is InChI=1S/C10H7F3O4/c1-15-6-3-8-7(16-4-17-8)2-5(6)9(14)10(11,12)13/h2-3H,4H2,1H3. The molecule has 92 valence electrons. The first-order valence-corrected chi connectivity index (χ1v) is 4.52. The van der Waals surface area contributed by atoms with Crippen molar-refractivity contribution in [1.29, 1.82) is 0 Å². The number of Topliss-reactive ketones (excluding diaryl/α,β-unsaturated/α-hetero) is 1. The van der Waals surface area contributed by atoms with Crippen LogP contribution in [0.3, 0.4) is 0 Å². The lowest BCUT2D eigenvalue weighted by atomic mass is 10.1. The Kier molecular flexibility index (Phi) is 2.60. The summed E-state index contributed by atoms with van der Waals surface area (Å²) in [6, 6.07) is 2.16. The maximum Gasteiger partial charge on any atom is 0.455 e. The number of carbonyl (C=O) groups is 1. The Bertz CT molecular complexity index is 467. The third-order valence-corrected chi connectivity index (χ3v) is 2.20. The number of hydrogen-bond donors (Lipinski definition) is 0. The van der Waals surface area contributed by atoms with E-state index in [2.05, 4.69) is 0 Å². The number of rotatable bonds is 2. The number of methoxy groups -OCH3 is 1. The number of fused-ring (bicyclic) bond motifs is 1. The molecular weight excluding hydrogens is 241 g/mol. The molecule has 0 fully saturated rings. The average molecular weight is 248 g/mol. The first-order valence-electron chi connectivity index (χ1n) is 4.52. The van der Waals surface area contributed by atoms with Gasteiger partial charge in [0.2, 0.25) is 6.79 Å². The Hall–Kier alpha value is -1.92. The number of ketones is 1. The third kappa shape index (κ3) is 2.00. The van der Waals surface area contributed by atoms with Gasteiger partial charge >= 0.3 is 6.18 Å². The number of carbonyl (C=O) groups excluding carboxylic acids is 1. The Morgan fingerprint density at radius 1 is 1.29 bits per heavy atom. The summed E-state index contributed by atoms with van der Waals surface area (Å²) in [7, 11) is 1.17. The minimum Gasteiger partial charge on any atom is -0.496 e. The molecule has 0 spiro atoms. The molecule has 1 aliphatic heterocycles. The average Bonchev–Trinajstić information content (AvgIpc) is 2.71. The van der Waals surface area contributed by atoms with Crippen molar-refractivity contribution in [3.8, 4) is 17.2 Å². The first kappa shape index (κ1) is 11.6. The van der Waals surface area contributed by atoms with E-state index in [9.17, 15) is 18.0 Å². The maximum atomic E-state index is 12.3. The van der Waals surface area contributed by atoms with Crippen LogP contribution < -0.4 is 14.2 Å². The molecule has 1 heterocycles. The zero-order valence-electron chi connectivity index (χ0n) is 8.63. The number of hydrogen-bond acceptors (Lipinski definition) is 4. The van der Waals surface area contributed by atoms with E-state index in [4.69, 9.17) is 14.2 Å². The van der Waals surface area contributed by atoms with Gasteiger partial charge in [0.15, 0.2) is 11.5 Å². The van der Waals surface area contributed by atoms with Gasteiger partial charge in [-0.25, -0.2) is 0 Å². The number of halogens is 3. The molecule has 0 amide bonds. The Labute approximate surface area is 93.9 Å². The highest BCUT2D eigenvalue weighted by atomic mass is 19.4. The van der Waals surface area contributed by atoms with Crippen molar-refractivity contribution in [3.63, 3.8) is 0 Å². The Morgan fingerprint density at radius 2 is 1.88 bits per heavy atom. The number of alkyl halides is 3. The van der Waals surface area contributed by atoms with Crippen LogP contribution in [0, 0.1) is 0 Å². The van der Waals surface area contributed by atoms with E-state index in [1.165, 1.54) is 13.2 Å². The van der Waals surface area contributed by atoms with Crippen molar-refractivity contribution in [3.05, 3.63) is 17.7 Å². The molecule has 0 radical (unpaired) electrons. The molecule has 7 heteroatoms. The summed E-state index contributed by atoms with van der Waals surface area (Å²) in [5.41, 5.74) is -0.593. The lowest BCUT2D eigenvalue weighted by Crippen LogP contribution is -2.23. The van der Waals surface area contributed by atoms with Gasteiger partial charge in [-0.05, 0) is 6.07 Å². The summed E-state index contributed by atoms with van der Waals surface area (Å²) in [4.78, 5) is 11.1. The molecule has 2 rings (SSSR count). The van der Waals surface area contributed by atoms with E-state index >= 15 is 0 Å². The normalized spacial score (nSPS) is 13.6. The third-order valence-electron chi connectivity index (χ3n) is 2.20. The predicted octanol–water partition coefficient (Wildman–Crippen LogP) is 2.17. The van der Waals surface area contributed by atoms with Crippen LogP contribution in [0.2, 0.25) is 0 Å². The van der Waals surface area contributed by atoms with Gasteiger partial charge in [0, 0.05) is 6.07 Å². The summed E-state index contributed by atoms with van der Waals surface area (Å²) in [5.74, 6) is -1.83. The highest BCUT2D eigenvalue weighted by Crippen LogP contribution is 2.39. The molecule has 1 aromatic rings. The Morgan fingerprint density at radius 3 is 2.41 bits per heavy atom. The van der Waals surface area contributed by atoms with E-state index in [0.717, 1.165) is 6.07 Å². The van der Waals surface area contributed by atoms with E-state index in [1.807, 2.05) is 0 Å². The van der Waals surface area contributed by atoms with Gasteiger partial charge in [0.25, 0.3) is 5.78 Å². The largest absolute Gasteiger partial charge is 0.496 e. The Balaban J connectivity index is 2.50. The lowest BCUT2D eigenvalue weighted by Gasteiger charge is -2.10. The summed E-state index contributed by atoms with van der Waals surface area (Å²) < 4.78 is 51.6. The van der Waals surface area contributed by atoms with Gasteiger partial charge < -0.3 is 14.2 Å². The van der Waals surface area contributed by atoms with E-state index in [1.54, 1.807) is 0 Å². The van der Waals surface area contributed by atoms with Crippen LogP contribution in [0.4, 0.5) is 13.2 Å². The number of ether oxygens (including phenoxy) is 3. The van der Waals surface area contributed by atoms with Crippen LogP contribution in [-0.4, -0.2) is 25.9 Å². The second-order valence-electron chi connectivity index (χ2n) is 3.23. The van der Waals surface area contributed by atoms with Crippen molar-refractivity contribution in [2.45, 2.75) is 6.18 Å². The van der Waals surface area contributed by atoms with Crippen LogP contribution in [0.1, 0.15) is 10.4 Å². The molecule has 0 unspecified atom stereocenters. The van der Waals surface area contributed by atoms with Gasteiger partial charge in [0.05, 0.1) is 12.7 Å². The maximum absolute atomic E-state index is 12.3. The fourth-order valence-corrected chi connectivity index (χ4v) is 1.42. The van der Waals surface area contributed by atoms with Crippen molar-refractivity contribution in [1.82, 2.24) is 0 Å². The fourth-order valence-electron chi connectivity index (χ4n) is 1.42. The van der Waals surface area contributed by atoms with Crippen molar-refractivity contribution in [2.75, 3.05) is 13.9 Å². The molecule has 0 saturated heterocycles. The molecule has 0 atom stereocenters. The van der Waals surface area contributed by atoms with Gasteiger partial charge in [-0.1, -0.05) is 0 Å². The molecule has 0 N–H and O–H groups in total. The molecule has 1 aliphatic rings. The van der Waals surface area contributed by atoms with Crippen LogP contribution in [0.5, 0.6) is 17.2 Å². The summed E-state index contributed by atoms with van der Waals surface area (Å²) >= 11 is 0. The molecule has 4 nitrogen and oxygen atoms in total. The predicted molar refractivity (Wildman–Crippen MR) is 49.5 cm³/mol. The van der Waals surface area contributed by atoms with E-state index in [0.29, 0.717) is 0 Å². The SMILES string of the molecule is COc1cc2c(cc1C(=O)C(F)(F)F)OCO2. The molecule has 17 heavy (non-hydrogen) atoms. The van der Waals surface area contributed by atoms with E-state index in [-0.39, 0.29) is 24.0 Å². The van der Waals surface area contributed by atoms with Crippen molar-refractivity contribution in [2.24, 2.45) is 0 Å². The number of benzene rings is 1. The second kappa shape index (κ2) is 3.83. The molecular formula is C10H7F3O4.